The summed E-state index contributed by atoms with van der Waals surface area (Å²) >= 11 is 0. The fourth-order valence-electron chi connectivity index (χ4n) is 1.48. The van der Waals surface area contributed by atoms with Gasteiger partial charge in [-0.25, -0.2) is 0 Å². The Labute approximate surface area is 95.9 Å². The third-order valence-corrected chi connectivity index (χ3v) is 2.40. The van der Waals surface area contributed by atoms with Gasteiger partial charge in [-0.15, -0.1) is 0 Å². The summed E-state index contributed by atoms with van der Waals surface area (Å²) in [5.74, 6) is 0.0280. The summed E-state index contributed by atoms with van der Waals surface area (Å²) in [5, 5.41) is 9.40. The summed E-state index contributed by atoms with van der Waals surface area (Å²) in [6, 6.07) is 5.08. The second kappa shape index (κ2) is 5.91. The average Bonchev–Trinajstić information content (AvgIpc) is 2.32. The summed E-state index contributed by atoms with van der Waals surface area (Å²) in [6.45, 7) is 4.01. The Kier molecular flexibility index (Phi) is 4.52. The van der Waals surface area contributed by atoms with E-state index in [1.165, 1.54) is 0 Å². The lowest BCUT2D eigenvalue weighted by Crippen LogP contribution is -1.87. The molecular formula is C14H16O2. The second-order valence-corrected chi connectivity index (χ2v) is 3.46. The first kappa shape index (κ1) is 12.2. The van der Waals surface area contributed by atoms with Gasteiger partial charge in [0.2, 0.25) is 0 Å². The van der Waals surface area contributed by atoms with Gasteiger partial charge < -0.3 is 5.11 Å². The molecule has 0 unspecified atom stereocenters. The summed E-state index contributed by atoms with van der Waals surface area (Å²) < 4.78 is 0. The molecule has 1 rings (SSSR count). The molecule has 84 valence electrons. The van der Waals surface area contributed by atoms with E-state index in [9.17, 15) is 9.90 Å². The van der Waals surface area contributed by atoms with Gasteiger partial charge in [-0.3, -0.25) is 4.79 Å². The Balaban J connectivity index is 3.16. The number of carbonyl (C=O) groups excluding carboxylic acids is 1. The normalized spacial score (nSPS) is 12.0. The molecule has 0 saturated carbocycles. The number of phenolic OH excluding ortho intramolecular Hbond substituents is 1. The molecule has 0 aromatic heterocycles. The summed E-state index contributed by atoms with van der Waals surface area (Å²) in [6.07, 6.45) is 7.49. The maximum atomic E-state index is 10.7. The van der Waals surface area contributed by atoms with Crippen molar-refractivity contribution < 1.29 is 9.90 Å². The molecule has 1 N–H and O–H groups in total. The van der Waals surface area contributed by atoms with Crippen LogP contribution in [0.25, 0.3) is 5.57 Å². The van der Waals surface area contributed by atoms with E-state index >= 15 is 0 Å². The maximum Gasteiger partial charge on any atom is 0.153 e. The van der Waals surface area contributed by atoms with Gasteiger partial charge in [0.15, 0.2) is 6.29 Å². The van der Waals surface area contributed by atoms with Crippen LogP contribution in [-0.2, 0) is 0 Å². The minimum absolute atomic E-state index is 0.0280. The zero-order valence-electron chi connectivity index (χ0n) is 9.60. The van der Waals surface area contributed by atoms with Gasteiger partial charge in [-0.2, -0.15) is 0 Å². The van der Waals surface area contributed by atoms with Gasteiger partial charge in [0.05, 0.1) is 5.56 Å². The molecule has 2 nitrogen and oxygen atoms in total. The minimum atomic E-state index is 0.0280. The molecule has 0 atom stereocenters. The van der Waals surface area contributed by atoms with Crippen molar-refractivity contribution in [1.82, 2.24) is 0 Å². The standard InChI is InChI=1S/C14H16O2/c1-3-5-6-11(4-2)12-7-8-14(16)13(9-12)10-15/h3,5-10,16H,4H2,1-2H3/b5-3-,11-6+. The number of hydrogen-bond donors (Lipinski definition) is 1. The predicted molar refractivity (Wildman–Crippen MR) is 66.6 cm³/mol. The monoisotopic (exact) mass is 216 g/mol. The molecule has 0 bridgehead atoms. The van der Waals surface area contributed by atoms with Crippen molar-refractivity contribution in [3.8, 4) is 5.75 Å². The van der Waals surface area contributed by atoms with E-state index in [4.69, 9.17) is 0 Å². The van der Waals surface area contributed by atoms with E-state index in [0.717, 1.165) is 17.6 Å². The number of aromatic hydroxyl groups is 1. The van der Waals surface area contributed by atoms with Crippen LogP contribution < -0.4 is 0 Å². The van der Waals surface area contributed by atoms with E-state index in [2.05, 4.69) is 6.92 Å². The highest BCUT2D eigenvalue weighted by molar-refractivity contribution is 5.82. The van der Waals surface area contributed by atoms with Crippen molar-refractivity contribution in [1.29, 1.82) is 0 Å². The average molecular weight is 216 g/mol. The molecule has 1 aromatic rings. The molecule has 0 radical (unpaired) electrons. The van der Waals surface area contributed by atoms with Gasteiger partial charge in [-0.05, 0) is 36.6 Å². The van der Waals surface area contributed by atoms with E-state index in [1.807, 2.05) is 31.2 Å². The van der Waals surface area contributed by atoms with Crippen LogP contribution in [0.5, 0.6) is 5.75 Å². The third kappa shape index (κ3) is 2.83. The van der Waals surface area contributed by atoms with Crippen LogP contribution in [0.15, 0.2) is 36.4 Å². The lowest BCUT2D eigenvalue weighted by Gasteiger charge is -2.06. The second-order valence-electron chi connectivity index (χ2n) is 3.46. The number of allylic oxidation sites excluding steroid dienone is 4. The topological polar surface area (TPSA) is 37.3 Å². The van der Waals surface area contributed by atoms with Gasteiger partial charge in [0.1, 0.15) is 5.75 Å². The highest BCUT2D eigenvalue weighted by Crippen LogP contribution is 2.23. The minimum Gasteiger partial charge on any atom is -0.507 e. The number of carbonyl (C=O) groups is 1. The van der Waals surface area contributed by atoms with Crippen LogP contribution in [0.3, 0.4) is 0 Å². The number of aldehydes is 1. The highest BCUT2D eigenvalue weighted by atomic mass is 16.3. The fraction of sp³-hybridized carbons (Fsp3) is 0.214. The smallest absolute Gasteiger partial charge is 0.153 e. The van der Waals surface area contributed by atoms with Crippen LogP contribution in [-0.4, -0.2) is 11.4 Å². The number of benzene rings is 1. The van der Waals surface area contributed by atoms with Crippen molar-refractivity contribution in [3.63, 3.8) is 0 Å². The van der Waals surface area contributed by atoms with Crippen molar-refractivity contribution in [3.05, 3.63) is 47.6 Å². The Bertz CT molecular complexity index is 428. The number of hydrogen-bond acceptors (Lipinski definition) is 2. The van der Waals surface area contributed by atoms with Crippen LogP contribution >= 0.6 is 0 Å². The SMILES string of the molecule is C/C=C\C=C(/CC)c1ccc(O)c(C=O)c1. The summed E-state index contributed by atoms with van der Waals surface area (Å²) in [5.41, 5.74) is 2.44. The molecule has 2 heteroatoms. The number of rotatable bonds is 4. The molecule has 0 fully saturated rings. The van der Waals surface area contributed by atoms with Gasteiger partial charge in [0, 0.05) is 0 Å². The summed E-state index contributed by atoms with van der Waals surface area (Å²) in [7, 11) is 0. The molecule has 0 aliphatic heterocycles. The Hall–Kier alpha value is -1.83. The van der Waals surface area contributed by atoms with E-state index in [1.54, 1.807) is 12.1 Å². The molecular weight excluding hydrogens is 200 g/mol. The van der Waals surface area contributed by atoms with Crippen molar-refractivity contribution in [2.24, 2.45) is 0 Å². The zero-order chi connectivity index (χ0) is 12.0. The van der Waals surface area contributed by atoms with E-state index in [-0.39, 0.29) is 5.75 Å². The first-order valence-corrected chi connectivity index (χ1v) is 5.33. The van der Waals surface area contributed by atoms with Crippen LogP contribution in [0.4, 0.5) is 0 Å². The van der Waals surface area contributed by atoms with Crippen LogP contribution in [0.1, 0.15) is 36.2 Å². The fourth-order valence-corrected chi connectivity index (χ4v) is 1.48. The lowest BCUT2D eigenvalue weighted by molar-refractivity contribution is 0.112. The van der Waals surface area contributed by atoms with Crippen molar-refractivity contribution >= 4 is 11.9 Å². The largest absolute Gasteiger partial charge is 0.507 e. The number of phenols is 1. The molecule has 0 saturated heterocycles. The molecule has 0 heterocycles. The van der Waals surface area contributed by atoms with E-state index < -0.39 is 0 Å². The van der Waals surface area contributed by atoms with Crippen molar-refractivity contribution in [2.75, 3.05) is 0 Å². The highest BCUT2D eigenvalue weighted by Gasteiger charge is 2.04. The Morgan fingerprint density at radius 3 is 2.75 bits per heavy atom. The molecule has 0 aliphatic carbocycles. The Morgan fingerprint density at radius 2 is 2.19 bits per heavy atom. The predicted octanol–water partition coefficient (Wildman–Crippen LogP) is 3.57. The molecule has 1 aromatic carbocycles. The van der Waals surface area contributed by atoms with Gasteiger partial charge >= 0.3 is 0 Å². The van der Waals surface area contributed by atoms with Crippen LogP contribution in [0.2, 0.25) is 0 Å². The Morgan fingerprint density at radius 1 is 1.44 bits per heavy atom. The lowest BCUT2D eigenvalue weighted by atomic mass is 10.0. The van der Waals surface area contributed by atoms with Gasteiger partial charge in [0.25, 0.3) is 0 Å². The van der Waals surface area contributed by atoms with Gasteiger partial charge in [-0.1, -0.05) is 31.2 Å². The summed E-state index contributed by atoms with van der Waals surface area (Å²) in [4.78, 5) is 10.7. The zero-order valence-corrected chi connectivity index (χ0v) is 9.60. The first-order chi connectivity index (χ1) is 7.72. The maximum absolute atomic E-state index is 10.7. The van der Waals surface area contributed by atoms with E-state index in [0.29, 0.717) is 11.8 Å². The molecule has 0 aliphatic rings. The van der Waals surface area contributed by atoms with Crippen LogP contribution in [0, 0.1) is 0 Å². The third-order valence-electron chi connectivity index (χ3n) is 2.40. The van der Waals surface area contributed by atoms with Crippen molar-refractivity contribution in [2.45, 2.75) is 20.3 Å². The first-order valence-electron chi connectivity index (χ1n) is 5.33. The molecule has 16 heavy (non-hydrogen) atoms. The quantitative estimate of drug-likeness (QED) is 0.617. The molecule has 0 spiro atoms. The molecule has 0 amide bonds.